The first-order valence-electron chi connectivity index (χ1n) is 11.6. The van der Waals surface area contributed by atoms with Crippen LogP contribution in [0.5, 0.6) is 5.75 Å². The van der Waals surface area contributed by atoms with E-state index in [0.29, 0.717) is 16.6 Å². The van der Waals surface area contributed by atoms with Crippen molar-refractivity contribution in [3.63, 3.8) is 0 Å². The fourth-order valence-electron chi connectivity index (χ4n) is 4.06. The van der Waals surface area contributed by atoms with Gasteiger partial charge in [0.15, 0.2) is 0 Å². The molecular weight excluding hydrogens is 328 g/mol. The lowest BCUT2D eigenvalue weighted by Gasteiger charge is -2.17. The SMILES string of the molecule is CC(C)(C)CCCCCCc1cccc(CCCCCCC2(C)CC2)c1O. The van der Waals surface area contributed by atoms with Crippen molar-refractivity contribution in [2.45, 2.75) is 118 Å². The number of hydrogen-bond acceptors (Lipinski definition) is 1. The predicted molar refractivity (Wildman–Crippen MR) is 118 cm³/mol. The number of phenolic OH excluding ortho intramolecular Hbond substituents is 1. The lowest BCUT2D eigenvalue weighted by atomic mass is 9.89. The molecular formula is C26H44O. The van der Waals surface area contributed by atoms with Crippen LogP contribution in [0.3, 0.4) is 0 Å². The zero-order valence-corrected chi connectivity index (χ0v) is 18.6. The number of unbranched alkanes of at least 4 members (excludes halogenated alkanes) is 6. The smallest absolute Gasteiger partial charge is 0.121 e. The van der Waals surface area contributed by atoms with E-state index in [1.54, 1.807) is 0 Å². The highest BCUT2D eigenvalue weighted by Gasteiger charge is 2.35. The van der Waals surface area contributed by atoms with Gasteiger partial charge in [-0.25, -0.2) is 0 Å². The van der Waals surface area contributed by atoms with Crippen LogP contribution in [-0.2, 0) is 12.8 Å². The molecule has 0 saturated heterocycles. The highest BCUT2D eigenvalue weighted by atomic mass is 16.3. The summed E-state index contributed by atoms with van der Waals surface area (Å²) in [6.45, 7) is 9.40. The Hall–Kier alpha value is -0.980. The first-order chi connectivity index (χ1) is 12.8. The number of hydrogen-bond donors (Lipinski definition) is 1. The van der Waals surface area contributed by atoms with Gasteiger partial charge >= 0.3 is 0 Å². The predicted octanol–water partition coefficient (Wildman–Crippen LogP) is 8.22. The monoisotopic (exact) mass is 372 g/mol. The molecule has 1 saturated carbocycles. The Balaban J connectivity index is 1.60. The normalized spacial score (nSPS) is 15.9. The summed E-state index contributed by atoms with van der Waals surface area (Å²) in [6, 6.07) is 6.37. The number of rotatable bonds is 13. The van der Waals surface area contributed by atoms with Crippen LogP contribution in [0, 0.1) is 10.8 Å². The van der Waals surface area contributed by atoms with Crippen LogP contribution in [0.1, 0.15) is 116 Å². The molecule has 0 aromatic heterocycles. The average Bonchev–Trinajstić information content (AvgIpc) is 3.33. The number of aryl methyl sites for hydroxylation is 2. The van der Waals surface area contributed by atoms with Gasteiger partial charge in [-0.2, -0.15) is 0 Å². The molecule has 0 bridgehead atoms. The second-order valence-corrected chi connectivity index (χ2v) is 10.6. The number of para-hydroxylation sites is 1. The number of phenols is 1. The Bertz CT molecular complexity index is 512. The third-order valence-corrected chi connectivity index (χ3v) is 6.41. The third-order valence-electron chi connectivity index (χ3n) is 6.41. The summed E-state index contributed by atoms with van der Waals surface area (Å²) in [5.41, 5.74) is 3.49. The van der Waals surface area contributed by atoms with Crippen LogP contribution >= 0.6 is 0 Å². The molecule has 1 aliphatic carbocycles. The molecule has 0 spiro atoms. The van der Waals surface area contributed by atoms with E-state index in [1.165, 1.54) is 77.0 Å². The fourth-order valence-corrected chi connectivity index (χ4v) is 4.06. The fraction of sp³-hybridized carbons (Fsp3) is 0.769. The number of aromatic hydroxyl groups is 1. The van der Waals surface area contributed by atoms with Crippen molar-refractivity contribution in [3.05, 3.63) is 29.3 Å². The molecule has 1 heteroatoms. The third kappa shape index (κ3) is 9.17. The van der Waals surface area contributed by atoms with Crippen LogP contribution in [0.4, 0.5) is 0 Å². The molecule has 0 amide bonds. The molecule has 0 atom stereocenters. The van der Waals surface area contributed by atoms with E-state index < -0.39 is 0 Å². The van der Waals surface area contributed by atoms with E-state index in [9.17, 15) is 5.11 Å². The highest BCUT2D eigenvalue weighted by Crippen LogP contribution is 2.49. The molecule has 0 heterocycles. The Morgan fingerprint density at radius 2 is 1.33 bits per heavy atom. The molecule has 1 aliphatic rings. The van der Waals surface area contributed by atoms with Crippen LogP contribution in [0.25, 0.3) is 0 Å². The Morgan fingerprint density at radius 3 is 1.85 bits per heavy atom. The van der Waals surface area contributed by atoms with Gasteiger partial charge in [0.1, 0.15) is 5.75 Å². The molecule has 1 aromatic carbocycles. The molecule has 0 radical (unpaired) electrons. The zero-order chi connectivity index (χ0) is 19.8. The minimum Gasteiger partial charge on any atom is -0.507 e. The summed E-state index contributed by atoms with van der Waals surface area (Å²) >= 11 is 0. The highest BCUT2D eigenvalue weighted by molar-refractivity contribution is 5.40. The van der Waals surface area contributed by atoms with E-state index in [4.69, 9.17) is 0 Å². The summed E-state index contributed by atoms with van der Waals surface area (Å²) in [5, 5.41) is 10.6. The standard InChI is InChI=1S/C26H44O/c1-25(2,3)18-11-7-5-9-14-22-16-13-17-23(24(22)27)15-10-6-8-12-19-26(4)20-21-26/h13,16-17,27H,5-12,14-15,18-21H2,1-4H3. The summed E-state index contributed by atoms with van der Waals surface area (Å²) in [7, 11) is 0. The van der Waals surface area contributed by atoms with Crippen molar-refractivity contribution < 1.29 is 5.11 Å². The van der Waals surface area contributed by atoms with Crippen LogP contribution in [0.15, 0.2) is 18.2 Å². The minimum atomic E-state index is 0.461. The first-order valence-corrected chi connectivity index (χ1v) is 11.6. The van der Waals surface area contributed by atoms with E-state index in [0.717, 1.165) is 24.0 Å². The molecule has 154 valence electrons. The zero-order valence-electron chi connectivity index (χ0n) is 18.6. The topological polar surface area (TPSA) is 20.2 Å². The summed E-state index contributed by atoms with van der Waals surface area (Å²) in [4.78, 5) is 0. The van der Waals surface area contributed by atoms with Crippen LogP contribution < -0.4 is 0 Å². The van der Waals surface area contributed by atoms with Crippen molar-refractivity contribution >= 4 is 0 Å². The van der Waals surface area contributed by atoms with Gasteiger partial charge in [0, 0.05) is 0 Å². The van der Waals surface area contributed by atoms with Crippen molar-refractivity contribution in [1.82, 2.24) is 0 Å². The Labute approximate surface area is 169 Å². The molecule has 1 aromatic rings. The second kappa shape index (κ2) is 10.5. The van der Waals surface area contributed by atoms with Gasteiger partial charge in [-0.05, 0) is 73.3 Å². The van der Waals surface area contributed by atoms with Gasteiger partial charge in [0.05, 0.1) is 0 Å². The Kier molecular flexibility index (Phi) is 8.70. The second-order valence-electron chi connectivity index (χ2n) is 10.6. The quantitative estimate of drug-likeness (QED) is 0.346. The molecule has 1 N–H and O–H groups in total. The summed E-state index contributed by atoms with van der Waals surface area (Å²) in [5.74, 6) is 0.581. The van der Waals surface area contributed by atoms with Crippen molar-refractivity contribution in [2.24, 2.45) is 10.8 Å². The van der Waals surface area contributed by atoms with Crippen LogP contribution in [-0.4, -0.2) is 5.11 Å². The average molecular weight is 373 g/mol. The largest absolute Gasteiger partial charge is 0.507 e. The lowest BCUT2D eigenvalue weighted by Crippen LogP contribution is -2.03. The lowest BCUT2D eigenvalue weighted by molar-refractivity contribution is 0.357. The van der Waals surface area contributed by atoms with Gasteiger partial charge in [0.2, 0.25) is 0 Å². The summed E-state index contributed by atoms with van der Waals surface area (Å²) < 4.78 is 0. The van der Waals surface area contributed by atoms with Crippen LogP contribution in [0.2, 0.25) is 0 Å². The maximum absolute atomic E-state index is 10.6. The van der Waals surface area contributed by atoms with E-state index in [-0.39, 0.29) is 0 Å². The van der Waals surface area contributed by atoms with E-state index in [2.05, 4.69) is 45.9 Å². The summed E-state index contributed by atoms with van der Waals surface area (Å²) in [6.07, 6.45) is 18.0. The van der Waals surface area contributed by atoms with Crippen molar-refractivity contribution in [1.29, 1.82) is 0 Å². The van der Waals surface area contributed by atoms with Gasteiger partial charge < -0.3 is 5.11 Å². The van der Waals surface area contributed by atoms with Gasteiger partial charge in [-0.3, -0.25) is 0 Å². The molecule has 1 fully saturated rings. The first kappa shape index (κ1) is 22.3. The maximum atomic E-state index is 10.6. The Morgan fingerprint density at radius 1 is 0.815 bits per heavy atom. The molecule has 0 aliphatic heterocycles. The molecule has 1 nitrogen and oxygen atoms in total. The maximum Gasteiger partial charge on any atom is 0.121 e. The van der Waals surface area contributed by atoms with Crippen molar-refractivity contribution in [2.75, 3.05) is 0 Å². The number of benzene rings is 1. The van der Waals surface area contributed by atoms with E-state index >= 15 is 0 Å². The van der Waals surface area contributed by atoms with Gasteiger partial charge in [-0.15, -0.1) is 0 Å². The van der Waals surface area contributed by atoms with Crippen molar-refractivity contribution in [3.8, 4) is 5.75 Å². The molecule has 0 unspecified atom stereocenters. The van der Waals surface area contributed by atoms with Gasteiger partial charge in [-0.1, -0.05) is 84.4 Å². The van der Waals surface area contributed by atoms with E-state index in [1.807, 2.05) is 0 Å². The molecule has 2 rings (SSSR count). The molecule has 27 heavy (non-hydrogen) atoms. The minimum absolute atomic E-state index is 0.461. The van der Waals surface area contributed by atoms with Gasteiger partial charge in [0.25, 0.3) is 0 Å².